The van der Waals surface area contributed by atoms with Crippen molar-refractivity contribution < 1.29 is 84.5 Å². The molecule has 4 aliphatic rings. The standard InChI is InChI=1S/C22H18N2O3.C21H17N3O3.C19H11NO3.2C5H11NO.C3H9N.C3H2O3.C2H8N2.C2H4O2.C2H4O.3C2H6/c1-3-23(2)20(25)15-9-4-10-16(13-15)24-21(26)17-11-5-7-14-8-6-12-18(19(14)17)22(24)27;1-23(12-22)19(25)14-7-2-8-15(11-14)24-20(26)16-9-3-5-13-6-4-10-17(18(13)16)21(24)27;21-11-12-4-1-7-14(10-12)20-18(22)15-8-2-5-13-6-3-9-16(17(13)15)19(20)23;2*1-4-6(3)5(2)7;1-3-4-2;4-2-1-3(5)6-2;1-4-2-3;1-2(3)4;1-2-3;3*1-2/h4-13H,3H2,1-2H3;2-11H,12,22H2,1H3;1-11H;2*4H2,1-3H3;4H,3H2,1-2H3;1H2;4H,2-3H2,1H3;1H3,(H,3,4);2H,1H3;3*1-2H3/i;;11D;;;;;;;2D;;;. The summed E-state index contributed by atoms with van der Waals surface area (Å²) in [6.45, 7) is 29.1. The molecule has 4 aliphatic heterocycles. The minimum Gasteiger partial charge on any atom is -0.481 e. The van der Waals surface area contributed by atoms with Gasteiger partial charge in [0.2, 0.25) is 11.8 Å². The number of nitrogens with one attached hydrogen (secondary N) is 2. The number of esters is 2. The number of cyclic esters (lactones) is 2. The summed E-state index contributed by atoms with van der Waals surface area (Å²) in [5.74, 6) is -4.27. The topological polar surface area (TPSA) is 384 Å². The van der Waals surface area contributed by atoms with Crippen LogP contribution in [0.15, 0.2) is 182 Å². The Morgan fingerprint density at radius 2 is 0.678 bits per heavy atom. The molecule has 9 aromatic rings. The van der Waals surface area contributed by atoms with E-state index in [0.29, 0.717) is 85.3 Å². The van der Waals surface area contributed by atoms with Gasteiger partial charge in [-0.05, 0) is 149 Å². The molecule has 1 saturated heterocycles. The molecule has 118 heavy (non-hydrogen) atoms. The minimum absolute atomic E-state index is 0.0278. The zero-order chi connectivity index (χ0) is 91.4. The van der Waals surface area contributed by atoms with Gasteiger partial charge in [0, 0.05) is 141 Å². The Bertz CT molecular complexity index is 4680. The van der Waals surface area contributed by atoms with Crippen molar-refractivity contribution >= 4 is 139 Å². The molecule has 0 aromatic heterocycles. The Labute approximate surface area is 693 Å². The van der Waals surface area contributed by atoms with E-state index < -0.39 is 54.1 Å². The molecule has 1 fully saturated rings. The number of hydrogen-bond acceptors (Lipinski definition) is 20. The lowest BCUT2D eigenvalue weighted by atomic mass is 9.93. The third-order valence-electron chi connectivity index (χ3n) is 16.8. The number of carboxylic acid groups (broad SMARTS) is 1. The summed E-state index contributed by atoms with van der Waals surface area (Å²) in [4.78, 5) is 182. The first-order valence-electron chi connectivity index (χ1n) is 39.1. The fourth-order valence-corrected chi connectivity index (χ4v) is 10.4. The van der Waals surface area contributed by atoms with Crippen molar-refractivity contribution in [1.82, 2.24) is 30.2 Å². The van der Waals surface area contributed by atoms with Crippen LogP contribution < -0.4 is 36.8 Å². The molecule has 630 valence electrons. The number of amides is 10. The van der Waals surface area contributed by atoms with E-state index in [1.165, 1.54) is 24.0 Å². The van der Waals surface area contributed by atoms with Crippen molar-refractivity contribution in [3.05, 3.63) is 232 Å². The first-order valence-corrected chi connectivity index (χ1v) is 38.1. The van der Waals surface area contributed by atoms with Crippen LogP contribution in [0, 0.1) is 0 Å². The average Bonchev–Trinajstić information content (AvgIpc) is 0.753. The normalized spacial score (nSPS) is 11.9. The van der Waals surface area contributed by atoms with Crippen molar-refractivity contribution in [3.63, 3.8) is 0 Å². The second kappa shape index (κ2) is 53.8. The fraction of sp³-hybridized carbons (Fsp3) is 0.300. The van der Waals surface area contributed by atoms with Gasteiger partial charge in [0.25, 0.3) is 53.2 Å². The summed E-state index contributed by atoms with van der Waals surface area (Å²) in [5, 5.41) is 17.6. The zero-order valence-corrected chi connectivity index (χ0v) is 71.0. The monoisotopic (exact) mass is 1620 g/mol. The average molecular weight is 1620 g/mol. The van der Waals surface area contributed by atoms with Crippen LogP contribution in [0.3, 0.4) is 0 Å². The predicted molar refractivity (Wildman–Crippen MR) is 464 cm³/mol. The molecule has 4 heterocycles. The molecule has 0 radical (unpaired) electrons. The molecule has 0 atom stereocenters. The van der Waals surface area contributed by atoms with Gasteiger partial charge in [-0.3, -0.25) is 67.1 Å². The lowest BCUT2D eigenvalue weighted by Gasteiger charge is -2.27. The maximum absolute atomic E-state index is 13.1. The van der Waals surface area contributed by atoms with Gasteiger partial charge >= 0.3 is 11.9 Å². The first kappa shape index (κ1) is 99.0. The van der Waals surface area contributed by atoms with Gasteiger partial charge in [0.1, 0.15) is 21.7 Å². The van der Waals surface area contributed by atoms with Gasteiger partial charge in [-0.2, -0.15) is 0 Å². The number of benzene rings is 9. The van der Waals surface area contributed by atoms with E-state index in [0.717, 1.165) is 57.4 Å². The van der Waals surface area contributed by atoms with Crippen molar-refractivity contribution in [2.75, 3.05) is 96.5 Å². The predicted octanol–water partition coefficient (Wildman–Crippen LogP) is 13.0. The largest absolute Gasteiger partial charge is 0.481 e. The Hall–Kier alpha value is -13.2. The molecule has 13 rings (SSSR count). The third kappa shape index (κ3) is 28.7. The van der Waals surface area contributed by atoms with E-state index >= 15 is 0 Å². The zero-order valence-electron chi connectivity index (χ0n) is 73.0. The SMILES string of the molecule is CC.CC.CC.CC(=O)O.CCN(C)C(=O)c1cccc(N2C(=O)c3cccc4cccc(c34)C2=O)c1.CCN(C)C(C)=O.CCN(C)C(C)=O.CCNC.CN(CN)C(=O)c1cccc(N2C(=O)c3cccc4cccc(c34)C2=O)c1.CNCN.O=C1CC(=O)O1.[2H]C(=O)c1cccc(N2C(=O)c3cccc4cccc(c34)C2=O)c1.[2H]C(C)=O. The highest BCUT2D eigenvalue weighted by Crippen LogP contribution is 2.37. The van der Waals surface area contributed by atoms with E-state index in [1.54, 1.807) is 185 Å². The van der Waals surface area contributed by atoms with Crippen LogP contribution in [0.2, 0.25) is 0 Å². The second-order valence-corrected chi connectivity index (χ2v) is 24.3. The molecule has 0 unspecified atom stereocenters. The van der Waals surface area contributed by atoms with E-state index in [-0.39, 0.29) is 59.8 Å². The van der Waals surface area contributed by atoms with E-state index in [4.69, 9.17) is 28.9 Å². The number of carboxylic acids is 1. The fourth-order valence-electron chi connectivity index (χ4n) is 10.4. The number of anilines is 3. The number of hydrogen-bond donors (Lipinski definition) is 5. The number of carbonyl (C=O) groups is 15. The van der Waals surface area contributed by atoms with Crippen LogP contribution in [0.25, 0.3) is 32.3 Å². The number of carbonyl (C=O) groups excluding carboxylic acids is 14. The quantitative estimate of drug-likeness (QED) is 0.0249. The smallest absolute Gasteiger partial charge is 0.324 e. The summed E-state index contributed by atoms with van der Waals surface area (Å²) in [5.41, 5.74) is 15.2. The lowest BCUT2D eigenvalue weighted by Crippen LogP contribution is -2.40. The summed E-state index contributed by atoms with van der Waals surface area (Å²) < 4.78 is 17.0. The summed E-state index contributed by atoms with van der Waals surface area (Å²) in [6, 6.07) is 51.4. The molecule has 9 aromatic carbocycles. The maximum atomic E-state index is 13.1. The molecule has 0 saturated carbocycles. The lowest BCUT2D eigenvalue weighted by molar-refractivity contribution is -0.174. The molecule has 28 nitrogen and oxygen atoms in total. The third-order valence-corrected chi connectivity index (χ3v) is 16.8. The summed E-state index contributed by atoms with van der Waals surface area (Å²) in [7, 11) is 10.6. The van der Waals surface area contributed by atoms with Crippen molar-refractivity contribution in [1.29, 1.82) is 0 Å². The van der Waals surface area contributed by atoms with Crippen molar-refractivity contribution in [2.24, 2.45) is 11.5 Å². The first-order chi connectivity index (χ1) is 57.1. The molecular formula is C90H113N11O17. The van der Waals surface area contributed by atoms with Gasteiger partial charge < -0.3 is 56.3 Å². The molecule has 28 heteroatoms. The number of imide groups is 3. The van der Waals surface area contributed by atoms with Gasteiger partial charge in [-0.25, -0.2) is 14.7 Å². The number of nitrogens with two attached hydrogens (primary N) is 2. The van der Waals surface area contributed by atoms with Gasteiger partial charge in [-0.15, -0.1) is 0 Å². The molecular weight excluding hydrogens is 1510 g/mol. The van der Waals surface area contributed by atoms with Gasteiger partial charge in [-0.1, -0.05) is 146 Å². The number of rotatable bonds is 12. The maximum Gasteiger partial charge on any atom is 0.324 e. The molecule has 0 aliphatic carbocycles. The Morgan fingerprint density at radius 3 is 0.873 bits per heavy atom. The Morgan fingerprint density at radius 1 is 0.441 bits per heavy atom. The van der Waals surface area contributed by atoms with Gasteiger partial charge in [0.15, 0.2) is 0 Å². The van der Waals surface area contributed by atoms with Gasteiger partial charge in [0.05, 0.1) is 23.7 Å². The molecule has 7 N–H and O–H groups in total. The molecule has 10 amide bonds. The van der Waals surface area contributed by atoms with Crippen molar-refractivity contribution in [2.45, 2.75) is 103 Å². The minimum atomic E-state index is -0.865. The van der Waals surface area contributed by atoms with Crippen LogP contribution in [0.5, 0.6) is 0 Å². The Balaban J connectivity index is 0.000000728. The number of nitrogens with zero attached hydrogens (tertiary/aromatic N) is 7. The number of ether oxygens (including phenoxy) is 1. The van der Waals surface area contributed by atoms with Crippen LogP contribution in [0.4, 0.5) is 17.1 Å². The van der Waals surface area contributed by atoms with Crippen LogP contribution in [0.1, 0.15) is 199 Å². The number of aliphatic carboxylic acids is 1. The Kier molecular flexibility index (Phi) is 45.2. The van der Waals surface area contributed by atoms with E-state index in [2.05, 4.69) is 22.3 Å². The highest BCUT2D eigenvalue weighted by Gasteiger charge is 2.37. The number of aldehydes is 2. The highest BCUT2D eigenvalue weighted by atomic mass is 16.6. The molecule has 0 spiro atoms. The molecule has 0 bridgehead atoms. The van der Waals surface area contributed by atoms with Crippen molar-refractivity contribution in [3.8, 4) is 0 Å². The highest BCUT2D eigenvalue weighted by molar-refractivity contribution is 6.38. The second-order valence-electron chi connectivity index (χ2n) is 24.3. The summed E-state index contributed by atoms with van der Waals surface area (Å²) in [6.07, 6.45) is -1.48. The van der Waals surface area contributed by atoms with Crippen LogP contribution in [-0.2, 0) is 33.5 Å². The van der Waals surface area contributed by atoms with E-state index in [9.17, 15) is 62.3 Å². The van der Waals surface area contributed by atoms with Crippen LogP contribution >= 0.6 is 0 Å². The van der Waals surface area contributed by atoms with E-state index in [1.807, 2.05) is 118 Å². The summed E-state index contributed by atoms with van der Waals surface area (Å²) >= 11 is 0. The van der Waals surface area contributed by atoms with Crippen LogP contribution in [-0.4, -0.2) is 196 Å².